The third kappa shape index (κ3) is 2.52. The average molecular weight is 220 g/mol. The Labute approximate surface area is 94.8 Å². The molecule has 1 atom stereocenters. The largest absolute Gasteiger partial charge is 0.482 e. The Balaban J connectivity index is 2.10. The van der Waals surface area contributed by atoms with E-state index in [2.05, 4.69) is 5.32 Å². The van der Waals surface area contributed by atoms with Gasteiger partial charge in [-0.3, -0.25) is 4.79 Å². The van der Waals surface area contributed by atoms with Crippen LogP contribution in [0.4, 0.5) is 5.69 Å². The molecule has 0 aliphatic carbocycles. The maximum absolute atomic E-state index is 11.1. The Hall–Kier alpha value is -1.55. The highest BCUT2D eigenvalue weighted by atomic mass is 16.5. The van der Waals surface area contributed by atoms with Gasteiger partial charge in [-0.2, -0.15) is 0 Å². The van der Waals surface area contributed by atoms with Crippen LogP contribution in [0.1, 0.15) is 18.9 Å². The van der Waals surface area contributed by atoms with Gasteiger partial charge in [-0.15, -0.1) is 0 Å². The van der Waals surface area contributed by atoms with E-state index >= 15 is 0 Å². The Morgan fingerprint density at radius 1 is 1.56 bits per heavy atom. The molecule has 1 heterocycles. The number of hydrogen-bond acceptors (Lipinski definition) is 3. The molecule has 1 aliphatic rings. The summed E-state index contributed by atoms with van der Waals surface area (Å²) >= 11 is 0. The molecule has 1 amide bonds. The molecule has 4 nitrogen and oxygen atoms in total. The van der Waals surface area contributed by atoms with Crippen LogP contribution in [0.2, 0.25) is 0 Å². The standard InChI is InChI=1S/C12H16N2O2/c1-8(13)2-3-9-4-5-10-11(6-9)16-7-12(15)14-10/h4-6,8H,2-3,7,13H2,1H3,(H,14,15). The van der Waals surface area contributed by atoms with Crippen LogP contribution >= 0.6 is 0 Å². The van der Waals surface area contributed by atoms with Crippen molar-refractivity contribution < 1.29 is 9.53 Å². The lowest BCUT2D eigenvalue weighted by atomic mass is 10.1. The molecule has 0 spiro atoms. The lowest BCUT2D eigenvalue weighted by Gasteiger charge is -2.18. The highest BCUT2D eigenvalue weighted by Crippen LogP contribution is 2.28. The highest BCUT2D eigenvalue weighted by molar-refractivity contribution is 5.95. The highest BCUT2D eigenvalue weighted by Gasteiger charge is 2.15. The van der Waals surface area contributed by atoms with E-state index in [0.717, 1.165) is 24.3 Å². The van der Waals surface area contributed by atoms with Gasteiger partial charge in [-0.1, -0.05) is 6.07 Å². The van der Waals surface area contributed by atoms with Crippen LogP contribution in [0.3, 0.4) is 0 Å². The fourth-order valence-electron chi connectivity index (χ4n) is 1.67. The molecular weight excluding hydrogens is 204 g/mol. The summed E-state index contributed by atoms with van der Waals surface area (Å²) in [6.45, 7) is 2.10. The summed E-state index contributed by atoms with van der Waals surface area (Å²) in [5.74, 6) is 0.651. The van der Waals surface area contributed by atoms with Crippen molar-refractivity contribution in [3.05, 3.63) is 23.8 Å². The maximum Gasteiger partial charge on any atom is 0.262 e. The van der Waals surface area contributed by atoms with Crippen LogP contribution in [0, 0.1) is 0 Å². The van der Waals surface area contributed by atoms with Crippen LogP contribution in [0.25, 0.3) is 0 Å². The van der Waals surface area contributed by atoms with Gasteiger partial charge >= 0.3 is 0 Å². The van der Waals surface area contributed by atoms with E-state index in [1.807, 2.05) is 25.1 Å². The van der Waals surface area contributed by atoms with Crippen molar-refractivity contribution in [1.29, 1.82) is 0 Å². The number of ether oxygens (including phenoxy) is 1. The van der Waals surface area contributed by atoms with Crippen molar-refractivity contribution >= 4 is 11.6 Å². The summed E-state index contributed by atoms with van der Waals surface area (Å²) in [7, 11) is 0. The first-order valence-corrected chi connectivity index (χ1v) is 5.46. The zero-order valence-corrected chi connectivity index (χ0v) is 9.32. The average Bonchev–Trinajstić information content (AvgIpc) is 2.26. The first-order valence-electron chi connectivity index (χ1n) is 5.46. The lowest BCUT2D eigenvalue weighted by Crippen LogP contribution is -2.25. The van der Waals surface area contributed by atoms with Crippen LogP contribution in [0.5, 0.6) is 5.75 Å². The molecule has 0 radical (unpaired) electrons. The van der Waals surface area contributed by atoms with E-state index in [9.17, 15) is 4.79 Å². The van der Waals surface area contributed by atoms with Crippen LogP contribution in [-0.4, -0.2) is 18.6 Å². The summed E-state index contributed by atoms with van der Waals surface area (Å²) < 4.78 is 5.34. The first kappa shape index (κ1) is 11.0. The minimum atomic E-state index is -0.101. The Morgan fingerprint density at radius 2 is 2.38 bits per heavy atom. The van der Waals surface area contributed by atoms with Gasteiger partial charge in [0.15, 0.2) is 6.61 Å². The summed E-state index contributed by atoms with van der Waals surface area (Å²) in [4.78, 5) is 11.1. The number of carbonyl (C=O) groups is 1. The summed E-state index contributed by atoms with van der Waals surface area (Å²) in [5.41, 5.74) is 7.65. The van der Waals surface area contributed by atoms with Gasteiger partial charge in [0.1, 0.15) is 5.75 Å². The molecule has 1 aromatic rings. The van der Waals surface area contributed by atoms with Gasteiger partial charge in [0.2, 0.25) is 0 Å². The molecule has 16 heavy (non-hydrogen) atoms. The third-order valence-corrected chi connectivity index (χ3v) is 2.57. The van der Waals surface area contributed by atoms with Gasteiger partial charge < -0.3 is 15.8 Å². The number of carbonyl (C=O) groups excluding carboxylic acids is 1. The number of rotatable bonds is 3. The molecule has 4 heteroatoms. The molecule has 1 aliphatic heterocycles. The molecule has 0 saturated heterocycles. The minimum Gasteiger partial charge on any atom is -0.482 e. The van der Waals surface area contributed by atoms with Crippen molar-refractivity contribution in [2.45, 2.75) is 25.8 Å². The number of nitrogens with two attached hydrogens (primary N) is 1. The van der Waals surface area contributed by atoms with Crippen molar-refractivity contribution in [3.63, 3.8) is 0 Å². The fraction of sp³-hybridized carbons (Fsp3) is 0.417. The number of benzene rings is 1. The van der Waals surface area contributed by atoms with Crippen LogP contribution in [-0.2, 0) is 11.2 Å². The zero-order valence-electron chi connectivity index (χ0n) is 9.32. The quantitative estimate of drug-likeness (QED) is 0.807. The second-order valence-corrected chi connectivity index (χ2v) is 4.18. The molecule has 0 saturated carbocycles. The van der Waals surface area contributed by atoms with E-state index in [1.165, 1.54) is 5.56 Å². The predicted octanol–water partition coefficient (Wildman–Crippen LogP) is 1.30. The molecule has 0 bridgehead atoms. The third-order valence-electron chi connectivity index (χ3n) is 2.57. The fourth-order valence-corrected chi connectivity index (χ4v) is 1.67. The second-order valence-electron chi connectivity index (χ2n) is 4.18. The smallest absolute Gasteiger partial charge is 0.262 e. The monoisotopic (exact) mass is 220 g/mol. The zero-order chi connectivity index (χ0) is 11.5. The van der Waals surface area contributed by atoms with Crippen LogP contribution < -0.4 is 15.8 Å². The summed E-state index contributed by atoms with van der Waals surface area (Å²) in [6.07, 6.45) is 1.88. The van der Waals surface area contributed by atoms with Gasteiger partial charge in [0, 0.05) is 6.04 Å². The molecule has 0 fully saturated rings. The van der Waals surface area contributed by atoms with Crippen molar-refractivity contribution in [1.82, 2.24) is 0 Å². The maximum atomic E-state index is 11.1. The Bertz CT molecular complexity index is 402. The van der Waals surface area contributed by atoms with E-state index in [1.54, 1.807) is 0 Å². The number of amides is 1. The molecule has 86 valence electrons. The van der Waals surface area contributed by atoms with Crippen LogP contribution in [0.15, 0.2) is 18.2 Å². The number of anilines is 1. The predicted molar refractivity (Wildman–Crippen MR) is 62.5 cm³/mol. The van der Waals surface area contributed by atoms with Gasteiger partial charge in [0.25, 0.3) is 5.91 Å². The number of hydrogen-bond donors (Lipinski definition) is 2. The van der Waals surface area contributed by atoms with E-state index in [-0.39, 0.29) is 18.6 Å². The van der Waals surface area contributed by atoms with Gasteiger partial charge in [-0.25, -0.2) is 0 Å². The molecule has 2 rings (SSSR count). The van der Waals surface area contributed by atoms with Gasteiger partial charge in [0.05, 0.1) is 5.69 Å². The normalized spacial score (nSPS) is 16.0. The molecule has 0 aromatic heterocycles. The topological polar surface area (TPSA) is 64.3 Å². The summed E-state index contributed by atoms with van der Waals surface area (Å²) in [5, 5.41) is 2.76. The molecule has 1 aromatic carbocycles. The van der Waals surface area contributed by atoms with Gasteiger partial charge in [-0.05, 0) is 37.5 Å². The first-order chi connectivity index (χ1) is 7.65. The van der Waals surface area contributed by atoms with Crippen molar-refractivity contribution in [3.8, 4) is 5.75 Å². The SMILES string of the molecule is CC(N)CCc1ccc2c(c1)OCC(=O)N2. The number of fused-ring (bicyclic) bond motifs is 1. The second kappa shape index (κ2) is 4.53. The minimum absolute atomic E-state index is 0.101. The lowest BCUT2D eigenvalue weighted by molar-refractivity contribution is -0.118. The molecular formula is C12H16N2O2. The summed E-state index contributed by atoms with van der Waals surface area (Å²) in [6, 6.07) is 6.05. The van der Waals surface area contributed by atoms with E-state index in [0.29, 0.717) is 0 Å². The number of aryl methyl sites for hydroxylation is 1. The van der Waals surface area contributed by atoms with E-state index < -0.39 is 0 Å². The Kier molecular flexibility index (Phi) is 3.10. The van der Waals surface area contributed by atoms with Crippen molar-refractivity contribution in [2.75, 3.05) is 11.9 Å². The van der Waals surface area contributed by atoms with E-state index in [4.69, 9.17) is 10.5 Å². The van der Waals surface area contributed by atoms with Crippen molar-refractivity contribution in [2.24, 2.45) is 5.73 Å². The Morgan fingerprint density at radius 3 is 3.12 bits per heavy atom. The number of nitrogens with one attached hydrogen (secondary N) is 1. The molecule has 1 unspecified atom stereocenters. The molecule has 3 N–H and O–H groups in total.